The van der Waals surface area contributed by atoms with Gasteiger partial charge in [-0.05, 0) is 53.4 Å². The maximum absolute atomic E-state index is 12.5. The van der Waals surface area contributed by atoms with Crippen molar-refractivity contribution in [2.75, 3.05) is 5.32 Å². The zero-order valence-electron chi connectivity index (χ0n) is 20.6. The first-order chi connectivity index (χ1) is 15.9. The quantitative estimate of drug-likeness (QED) is 0.450. The summed E-state index contributed by atoms with van der Waals surface area (Å²) in [6.45, 7) is 12.8. The molecule has 0 aromatic carbocycles. The lowest BCUT2D eigenvalue weighted by atomic mass is 9.95. The van der Waals surface area contributed by atoms with Crippen LogP contribution in [-0.4, -0.2) is 47.5 Å². The molecule has 0 spiro atoms. The van der Waals surface area contributed by atoms with Crippen LogP contribution in [0.5, 0.6) is 0 Å². The number of fused-ring (bicyclic) bond motifs is 1. The first-order valence-corrected chi connectivity index (χ1v) is 11.9. The lowest BCUT2D eigenvalue weighted by molar-refractivity contribution is -0.125. The molecule has 0 fully saturated rings. The van der Waals surface area contributed by atoms with Gasteiger partial charge in [0, 0.05) is 36.9 Å². The van der Waals surface area contributed by atoms with Gasteiger partial charge in [-0.15, -0.1) is 0 Å². The van der Waals surface area contributed by atoms with Crippen molar-refractivity contribution in [3.63, 3.8) is 0 Å². The van der Waals surface area contributed by atoms with Crippen LogP contribution >= 0.6 is 0 Å². The number of rotatable bonds is 11. The fraction of sp³-hybridized carbons (Fsp3) is 0.583. The van der Waals surface area contributed by atoms with Gasteiger partial charge in [-0.3, -0.25) is 4.79 Å². The van der Waals surface area contributed by atoms with E-state index in [1.807, 2.05) is 20.8 Å². The molecule has 9 heteroatoms. The fourth-order valence-corrected chi connectivity index (χ4v) is 3.97. The molecule has 3 aromatic heterocycles. The van der Waals surface area contributed by atoms with Crippen LogP contribution in [0.15, 0.2) is 18.7 Å². The van der Waals surface area contributed by atoms with Gasteiger partial charge in [0.15, 0.2) is 17.0 Å². The normalized spacial score (nSPS) is 13.3. The Morgan fingerprint density at radius 3 is 2.36 bits per heavy atom. The predicted octanol–water partition coefficient (Wildman–Crippen LogP) is 4.13. The number of hydrogen-bond donors (Lipinski definition) is 2. The number of nitrogens with zero attached hydrogens (tertiary/aromatic N) is 6. The van der Waals surface area contributed by atoms with Gasteiger partial charge < -0.3 is 15.2 Å². The molecule has 0 saturated carbocycles. The monoisotopic (exact) mass is 452 g/mol. The fourth-order valence-electron chi connectivity index (χ4n) is 3.97. The number of carbonyl (C=O) groups is 1. The van der Waals surface area contributed by atoms with Gasteiger partial charge in [0.2, 0.25) is 5.91 Å². The van der Waals surface area contributed by atoms with Crippen molar-refractivity contribution in [2.24, 2.45) is 5.92 Å². The molecule has 33 heavy (non-hydrogen) atoms. The molecule has 3 rings (SSSR count). The largest absolute Gasteiger partial charge is 0.365 e. The van der Waals surface area contributed by atoms with Crippen molar-refractivity contribution in [3.8, 4) is 11.4 Å². The average molecular weight is 453 g/mol. The van der Waals surface area contributed by atoms with E-state index in [4.69, 9.17) is 4.98 Å². The van der Waals surface area contributed by atoms with E-state index in [1.165, 1.54) is 0 Å². The van der Waals surface area contributed by atoms with E-state index in [2.05, 4.69) is 55.9 Å². The van der Waals surface area contributed by atoms with Gasteiger partial charge in [0.05, 0.1) is 5.56 Å². The van der Waals surface area contributed by atoms with Gasteiger partial charge in [0.1, 0.15) is 18.0 Å². The third-order valence-corrected chi connectivity index (χ3v) is 5.88. The summed E-state index contributed by atoms with van der Waals surface area (Å²) in [4.78, 5) is 35.0. The third kappa shape index (κ3) is 5.83. The van der Waals surface area contributed by atoms with Crippen LogP contribution in [0.4, 0.5) is 5.82 Å². The van der Waals surface area contributed by atoms with Crippen molar-refractivity contribution in [1.82, 2.24) is 34.8 Å². The number of carbonyl (C=O) groups excluding carboxylic acids is 1. The molecule has 178 valence electrons. The maximum Gasteiger partial charge on any atom is 0.223 e. The first-order valence-electron chi connectivity index (χ1n) is 11.9. The molecule has 0 aliphatic rings. The molecule has 0 radical (unpaired) electrons. The molecule has 0 saturated heterocycles. The number of hydrogen-bond acceptors (Lipinski definition) is 7. The minimum atomic E-state index is 0.0149. The van der Waals surface area contributed by atoms with Crippen LogP contribution < -0.4 is 10.6 Å². The summed E-state index contributed by atoms with van der Waals surface area (Å²) in [5.41, 5.74) is 2.36. The Bertz CT molecular complexity index is 1060. The van der Waals surface area contributed by atoms with Gasteiger partial charge in [0.25, 0.3) is 0 Å². The summed E-state index contributed by atoms with van der Waals surface area (Å²) in [6, 6.07) is 0.338. The molecule has 9 nitrogen and oxygen atoms in total. The van der Waals surface area contributed by atoms with E-state index in [0.29, 0.717) is 5.82 Å². The van der Waals surface area contributed by atoms with Crippen LogP contribution in [0, 0.1) is 12.8 Å². The Hall–Kier alpha value is -3.10. The minimum absolute atomic E-state index is 0.0149. The zero-order chi connectivity index (χ0) is 24.0. The zero-order valence-corrected chi connectivity index (χ0v) is 20.6. The summed E-state index contributed by atoms with van der Waals surface area (Å²) in [7, 11) is 0. The summed E-state index contributed by atoms with van der Waals surface area (Å²) in [5.74, 6) is 2.37. The highest BCUT2D eigenvalue weighted by molar-refractivity contribution is 5.86. The molecular formula is C24H36N8O. The minimum Gasteiger partial charge on any atom is -0.365 e. The number of imidazole rings is 1. The second-order valence-electron chi connectivity index (χ2n) is 8.69. The number of amides is 1. The smallest absolute Gasteiger partial charge is 0.223 e. The van der Waals surface area contributed by atoms with Crippen molar-refractivity contribution in [2.45, 2.75) is 85.9 Å². The Labute approximate surface area is 195 Å². The van der Waals surface area contributed by atoms with Gasteiger partial charge in [-0.2, -0.15) is 0 Å². The molecule has 2 N–H and O–H groups in total. The molecule has 3 heterocycles. The summed E-state index contributed by atoms with van der Waals surface area (Å²) >= 11 is 0. The molecule has 2 atom stereocenters. The lowest BCUT2D eigenvalue weighted by Crippen LogP contribution is -2.36. The molecule has 0 aliphatic heterocycles. The highest BCUT2D eigenvalue weighted by Gasteiger charge is 2.21. The first kappa shape index (κ1) is 24.5. The standard InChI is InChI=1S/C24H36N8O/c1-7-17(24(33)29-15(4)5)10-11-19(8-2)30-21-20-23(28-14-27-21)32(9-3)22(31-20)18-12-25-16(6)26-13-18/h12-15,17,19H,7-11H2,1-6H3,(H,29,33)(H,27,28,30). The third-order valence-electron chi connectivity index (χ3n) is 5.88. The summed E-state index contributed by atoms with van der Waals surface area (Å²) < 4.78 is 2.06. The second-order valence-corrected chi connectivity index (χ2v) is 8.69. The topological polar surface area (TPSA) is 111 Å². The van der Waals surface area contributed by atoms with Crippen molar-refractivity contribution in [3.05, 3.63) is 24.5 Å². The number of anilines is 1. The maximum atomic E-state index is 12.5. The highest BCUT2D eigenvalue weighted by Crippen LogP contribution is 2.27. The van der Waals surface area contributed by atoms with Crippen LogP contribution in [0.2, 0.25) is 0 Å². The summed E-state index contributed by atoms with van der Waals surface area (Å²) in [6.07, 6.45) is 8.60. The van der Waals surface area contributed by atoms with Crippen molar-refractivity contribution in [1.29, 1.82) is 0 Å². The molecule has 2 unspecified atom stereocenters. The van der Waals surface area contributed by atoms with Crippen molar-refractivity contribution >= 4 is 22.9 Å². The van der Waals surface area contributed by atoms with Crippen LogP contribution in [-0.2, 0) is 11.3 Å². The Morgan fingerprint density at radius 2 is 1.76 bits per heavy atom. The molecule has 0 bridgehead atoms. The molecule has 3 aromatic rings. The summed E-state index contributed by atoms with van der Waals surface area (Å²) in [5, 5.41) is 6.61. The number of aryl methyl sites for hydroxylation is 2. The predicted molar refractivity (Wildman–Crippen MR) is 131 cm³/mol. The van der Waals surface area contributed by atoms with Crippen molar-refractivity contribution < 1.29 is 4.79 Å². The van der Waals surface area contributed by atoms with E-state index < -0.39 is 0 Å². The van der Waals surface area contributed by atoms with E-state index >= 15 is 0 Å². The lowest BCUT2D eigenvalue weighted by Gasteiger charge is -2.21. The highest BCUT2D eigenvalue weighted by atomic mass is 16.1. The SMILES string of the molecule is CCC(CCC(CC)C(=O)NC(C)C)Nc1ncnc2c1nc(-c1cnc(C)nc1)n2CC. The van der Waals surface area contributed by atoms with Gasteiger partial charge in [-0.1, -0.05) is 13.8 Å². The van der Waals surface area contributed by atoms with Crippen LogP contribution in [0.1, 0.15) is 66.1 Å². The van der Waals surface area contributed by atoms with E-state index in [1.54, 1.807) is 18.7 Å². The van der Waals surface area contributed by atoms with E-state index in [-0.39, 0.29) is 23.9 Å². The van der Waals surface area contributed by atoms with E-state index in [9.17, 15) is 4.79 Å². The molecular weight excluding hydrogens is 416 g/mol. The van der Waals surface area contributed by atoms with Crippen LogP contribution in [0.25, 0.3) is 22.6 Å². The second kappa shape index (κ2) is 11.2. The Kier molecular flexibility index (Phi) is 8.30. The van der Waals surface area contributed by atoms with Gasteiger partial charge in [-0.25, -0.2) is 24.9 Å². The Balaban J connectivity index is 1.82. The van der Waals surface area contributed by atoms with E-state index in [0.717, 1.165) is 60.6 Å². The number of nitrogens with one attached hydrogen (secondary N) is 2. The number of aromatic nitrogens is 6. The average Bonchev–Trinajstić information content (AvgIpc) is 3.18. The molecule has 0 aliphatic carbocycles. The molecule has 1 amide bonds. The van der Waals surface area contributed by atoms with Gasteiger partial charge >= 0.3 is 0 Å². The van der Waals surface area contributed by atoms with Crippen LogP contribution in [0.3, 0.4) is 0 Å². The Morgan fingerprint density at radius 1 is 1.03 bits per heavy atom.